The Morgan fingerprint density at radius 1 is 1.62 bits per heavy atom. The zero-order chi connectivity index (χ0) is 12.2. The average molecular weight is 224 g/mol. The summed E-state index contributed by atoms with van der Waals surface area (Å²) in [4.78, 5) is 11.5. The maximum Gasteiger partial charge on any atom is 0.225 e. The highest BCUT2D eigenvalue weighted by Crippen LogP contribution is 2.10. The van der Waals surface area contributed by atoms with Gasteiger partial charge in [0.2, 0.25) is 5.91 Å². The fraction of sp³-hybridized carbons (Fsp3) is 0.636. The predicted molar refractivity (Wildman–Crippen MR) is 64.1 cm³/mol. The van der Waals surface area contributed by atoms with Gasteiger partial charge < -0.3 is 11.1 Å². The van der Waals surface area contributed by atoms with Crippen LogP contribution in [0.4, 0.5) is 5.82 Å². The number of H-pyrrole nitrogens is 1. The lowest BCUT2D eigenvalue weighted by atomic mass is 10.00. The second kappa shape index (κ2) is 5.12. The van der Waals surface area contributed by atoms with Crippen molar-refractivity contribution in [2.45, 2.75) is 45.6 Å². The topological polar surface area (TPSA) is 83.8 Å². The van der Waals surface area contributed by atoms with E-state index in [0.29, 0.717) is 18.7 Å². The van der Waals surface area contributed by atoms with Crippen LogP contribution in [-0.4, -0.2) is 21.6 Å². The van der Waals surface area contributed by atoms with Crippen molar-refractivity contribution < 1.29 is 4.79 Å². The summed E-state index contributed by atoms with van der Waals surface area (Å²) in [6, 6.07) is 1.84. The number of carbonyl (C=O) groups excluding carboxylic acids is 1. The maximum atomic E-state index is 11.5. The Morgan fingerprint density at radius 2 is 2.31 bits per heavy atom. The van der Waals surface area contributed by atoms with Crippen LogP contribution in [0.15, 0.2) is 6.07 Å². The lowest BCUT2D eigenvalue weighted by Crippen LogP contribution is -2.33. The number of aryl methyl sites for hydroxylation is 1. The molecule has 0 saturated heterocycles. The summed E-state index contributed by atoms with van der Waals surface area (Å²) in [6.45, 7) is 5.84. The van der Waals surface area contributed by atoms with Crippen molar-refractivity contribution in [2.24, 2.45) is 5.73 Å². The predicted octanol–water partition coefficient (Wildman–Crippen LogP) is 1.43. The van der Waals surface area contributed by atoms with Gasteiger partial charge in [-0.2, -0.15) is 5.10 Å². The number of rotatable bonds is 5. The van der Waals surface area contributed by atoms with E-state index >= 15 is 0 Å². The van der Waals surface area contributed by atoms with Gasteiger partial charge in [-0.25, -0.2) is 0 Å². The lowest BCUT2D eigenvalue weighted by molar-refractivity contribution is -0.116. The molecule has 0 aromatic carbocycles. The van der Waals surface area contributed by atoms with Crippen LogP contribution >= 0.6 is 0 Å². The van der Waals surface area contributed by atoms with E-state index in [1.807, 2.05) is 26.8 Å². The van der Waals surface area contributed by atoms with Crippen LogP contribution in [0.1, 0.15) is 39.3 Å². The Morgan fingerprint density at radius 3 is 2.81 bits per heavy atom. The molecule has 0 fully saturated rings. The fourth-order valence-corrected chi connectivity index (χ4v) is 1.25. The molecule has 0 spiro atoms. The minimum atomic E-state index is -0.308. The molecular weight excluding hydrogens is 204 g/mol. The molecule has 0 saturated carbocycles. The first-order valence-corrected chi connectivity index (χ1v) is 5.54. The van der Waals surface area contributed by atoms with Crippen molar-refractivity contribution in [3.8, 4) is 0 Å². The van der Waals surface area contributed by atoms with Crippen molar-refractivity contribution in [3.05, 3.63) is 11.8 Å². The number of nitrogens with two attached hydrogens (primary N) is 1. The van der Waals surface area contributed by atoms with Crippen molar-refractivity contribution in [3.63, 3.8) is 0 Å². The summed E-state index contributed by atoms with van der Waals surface area (Å²) in [5.74, 6) is 0.532. The molecule has 0 unspecified atom stereocenters. The number of hydrogen-bond donors (Lipinski definition) is 3. The van der Waals surface area contributed by atoms with Crippen LogP contribution in [-0.2, 0) is 11.2 Å². The first-order chi connectivity index (χ1) is 7.40. The van der Waals surface area contributed by atoms with E-state index in [0.717, 1.165) is 12.1 Å². The number of aromatic amines is 1. The van der Waals surface area contributed by atoms with Gasteiger partial charge in [0.15, 0.2) is 5.82 Å². The number of carbonyl (C=O) groups is 1. The van der Waals surface area contributed by atoms with Crippen LogP contribution in [0.3, 0.4) is 0 Å². The zero-order valence-electron chi connectivity index (χ0n) is 10.1. The molecule has 5 nitrogen and oxygen atoms in total. The molecule has 1 amide bonds. The summed E-state index contributed by atoms with van der Waals surface area (Å²) in [7, 11) is 0. The first-order valence-electron chi connectivity index (χ1n) is 5.54. The highest BCUT2D eigenvalue weighted by Gasteiger charge is 2.13. The molecule has 5 heteroatoms. The Balaban J connectivity index is 2.40. The van der Waals surface area contributed by atoms with Crippen molar-refractivity contribution in [1.29, 1.82) is 0 Å². The molecular formula is C11H20N4O. The van der Waals surface area contributed by atoms with Gasteiger partial charge in [0.25, 0.3) is 0 Å². The molecule has 1 rings (SSSR count). The molecule has 0 radical (unpaired) electrons. The van der Waals surface area contributed by atoms with E-state index in [1.165, 1.54) is 0 Å². The summed E-state index contributed by atoms with van der Waals surface area (Å²) in [5, 5.41) is 9.56. The summed E-state index contributed by atoms with van der Waals surface area (Å²) in [6.07, 6.45) is 1.94. The molecule has 0 bridgehead atoms. The van der Waals surface area contributed by atoms with E-state index in [-0.39, 0.29) is 11.4 Å². The van der Waals surface area contributed by atoms with E-state index < -0.39 is 0 Å². The highest BCUT2D eigenvalue weighted by atomic mass is 16.1. The Kier molecular flexibility index (Phi) is 4.06. The summed E-state index contributed by atoms with van der Waals surface area (Å²) >= 11 is 0. The third kappa shape index (κ3) is 4.44. The number of nitrogens with zero attached hydrogens (tertiary/aromatic N) is 1. The molecule has 1 aromatic heterocycles. The Bertz CT molecular complexity index is 351. The average Bonchev–Trinajstić information content (AvgIpc) is 2.61. The third-order valence-electron chi connectivity index (χ3n) is 2.28. The van der Waals surface area contributed by atoms with Gasteiger partial charge in [0, 0.05) is 23.7 Å². The molecule has 90 valence electrons. The maximum absolute atomic E-state index is 11.5. The second-order valence-electron chi connectivity index (χ2n) is 4.67. The van der Waals surface area contributed by atoms with Crippen molar-refractivity contribution in [1.82, 2.24) is 10.2 Å². The standard InChI is InChI=1S/C11H20N4O/c1-4-8-7-9(15-14-8)13-10(16)5-6-11(2,3)12/h7H,4-6,12H2,1-3H3,(H2,13,14,15,16). The first kappa shape index (κ1) is 12.7. The smallest absolute Gasteiger partial charge is 0.225 e. The molecule has 4 N–H and O–H groups in total. The molecule has 0 atom stereocenters. The third-order valence-corrected chi connectivity index (χ3v) is 2.28. The fourth-order valence-electron chi connectivity index (χ4n) is 1.25. The second-order valence-corrected chi connectivity index (χ2v) is 4.67. The molecule has 0 aliphatic carbocycles. The number of nitrogens with one attached hydrogen (secondary N) is 2. The van der Waals surface area contributed by atoms with E-state index in [2.05, 4.69) is 15.5 Å². The van der Waals surface area contributed by atoms with Crippen molar-refractivity contribution in [2.75, 3.05) is 5.32 Å². The lowest BCUT2D eigenvalue weighted by Gasteiger charge is -2.17. The van der Waals surface area contributed by atoms with Gasteiger partial charge in [0.1, 0.15) is 0 Å². The number of hydrogen-bond acceptors (Lipinski definition) is 3. The van der Waals surface area contributed by atoms with E-state index in [4.69, 9.17) is 5.73 Å². The van der Waals surface area contributed by atoms with Gasteiger partial charge in [-0.1, -0.05) is 6.92 Å². The van der Waals surface area contributed by atoms with Gasteiger partial charge in [0.05, 0.1) is 0 Å². The summed E-state index contributed by atoms with van der Waals surface area (Å²) < 4.78 is 0. The normalized spacial score (nSPS) is 11.5. The number of anilines is 1. The number of amides is 1. The molecule has 16 heavy (non-hydrogen) atoms. The van der Waals surface area contributed by atoms with Crippen LogP contribution in [0.25, 0.3) is 0 Å². The Hall–Kier alpha value is -1.36. The number of aromatic nitrogens is 2. The molecule has 1 heterocycles. The minimum Gasteiger partial charge on any atom is -0.326 e. The van der Waals surface area contributed by atoms with Crippen LogP contribution in [0, 0.1) is 0 Å². The summed E-state index contributed by atoms with van der Waals surface area (Å²) in [5.41, 5.74) is 6.50. The monoisotopic (exact) mass is 224 g/mol. The van der Waals surface area contributed by atoms with Crippen LogP contribution < -0.4 is 11.1 Å². The zero-order valence-corrected chi connectivity index (χ0v) is 10.1. The SMILES string of the molecule is CCc1cc(NC(=O)CCC(C)(C)N)n[nH]1. The van der Waals surface area contributed by atoms with Gasteiger partial charge in [-0.3, -0.25) is 9.89 Å². The van der Waals surface area contributed by atoms with E-state index in [9.17, 15) is 4.79 Å². The van der Waals surface area contributed by atoms with Crippen molar-refractivity contribution >= 4 is 11.7 Å². The highest BCUT2D eigenvalue weighted by molar-refractivity contribution is 5.89. The Labute approximate surface area is 95.8 Å². The van der Waals surface area contributed by atoms with Gasteiger partial charge in [-0.05, 0) is 26.7 Å². The van der Waals surface area contributed by atoms with Gasteiger partial charge >= 0.3 is 0 Å². The van der Waals surface area contributed by atoms with E-state index in [1.54, 1.807) is 0 Å². The minimum absolute atomic E-state index is 0.0484. The van der Waals surface area contributed by atoms with Gasteiger partial charge in [-0.15, -0.1) is 0 Å². The quantitative estimate of drug-likeness (QED) is 0.707. The molecule has 0 aliphatic rings. The molecule has 0 aliphatic heterocycles. The molecule has 1 aromatic rings. The largest absolute Gasteiger partial charge is 0.326 e. The van der Waals surface area contributed by atoms with Crippen LogP contribution in [0.5, 0.6) is 0 Å². The van der Waals surface area contributed by atoms with Crippen LogP contribution in [0.2, 0.25) is 0 Å².